The van der Waals surface area contributed by atoms with E-state index >= 15 is 0 Å². The number of pyridine rings is 1. The summed E-state index contributed by atoms with van der Waals surface area (Å²) in [5.41, 5.74) is -0.739. The van der Waals surface area contributed by atoms with Gasteiger partial charge in [-0.2, -0.15) is 0 Å². The average molecular weight is 346 g/mol. The maximum Gasteiger partial charge on any atom is 0.332 e. The largest absolute Gasteiger partial charge is 0.354 e. The van der Waals surface area contributed by atoms with Crippen LogP contribution < -0.4 is 21.0 Å². The van der Waals surface area contributed by atoms with Crippen LogP contribution >= 0.6 is 0 Å². The molecule has 1 aliphatic heterocycles. The van der Waals surface area contributed by atoms with Crippen LogP contribution in [0, 0.1) is 10.1 Å². The highest BCUT2D eigenvalue weighted by Crippen LogP contribution is 2.19. The van der Waals surface area contributed by atoms with Gasteiger partial charge < -0.3 is 9.80 Å². The first-order valence-electron chi connectivity index (χ1n) is 7.76. The van der Waals surface area contributed by atoms with E-state index in [-0.39, 0.29) is 16.9 Å². The Kier molecular flexibility index (Phi) is 4.26. The molecule has 0 N–H and O–H groups in total. The Bertz CT molecular complexity index is 909. The van der Waals surface area contributed by atoms with Gasteiger partial charge in [0.15, 0.2) is 0 Å². The number of hydrogen-bond acceptors (Lipinski definition) is 7. The van der Waals surface area contributed by atoms with Gasteiger partial charge in [-0.25, -0.2) is 9.78 Å². The van der Waals surface area contributed by atoms with Gasteiger partial charge in [0.05, 0.1) is 4.92 Å². The van der Waals surface area contributed by atoms with Crippen molar-refractivity contribution in [1.29, 1.82) is 0 Å². The van der Waals surface area contributed by atoms with Crippen molar-refractivity contribution in [2.75, 3.05) is 36.0 Å². The highest BCUT2D eigenvalue weighted by atomic mass is 16.6. The van der Waals surface area contributed by atoms with E-state index in [1.54, 1.807) is 13.1 Å². The molecule has 2 aromatic rings. The topological polar surface area (TPSA) is 107 Å². The first kappa shape index (κ1) is 16.7. The van der Waals surface area contributed by atoms with Crippen molar-refractivity contribution in [3.63, 3.8) is 0 Å². The van der Waals surface area contributed by atoms with Crippen LogP contribution in [0.4, 0.5) is 17.3 Å². The fourth-order valence-electron chi connectivity index (χ4n) is 2.86. The summed E-state index contributed by atoms with van der Waals surface area (Å²) >= 11 is 0. The van der Waals surface area contributed by atoms with Crippen molar-refractivity contribution in [1.82, 2.24) is 14.1 Å². The molecule has 10 heteroatoms. The SMILES string of the molecule is Cn1c(N2CCN(c3ccc([N+](=O)[O-])cn3)CC2)cc(=O)n(C)c1=O. The van der Waals surface area contributed by atoms with Gasteiger partial charge in [0.25, 0.3) is 11.2 Å². The molecule has 3 rings (SSSR count). The van der Waals surface area contributed by atoms with Crippen molar-refractivity contribution in [3.05, 3.63) is 55.3 Å². The number of nitro groups is 1. The Labute approximate surface area is 142 Å². The lowest BCUT2D eigenvalue weighted by Crippen LogP contribution is -2.49. The first-order valence-corrected chi connectivity index (χ1v) is 7.76. The highest BCUT2D eigenvalue weighted by Gasteiger charge is 2.21. The van der Waals surface area contributed by atoms with Crippen LogP contribution in [-0.4, -0.2) is 45.2 Å². The van der Waals surface area contributed by atoms with E-state index in [0.29, 0.717) is 37.8 Å². The van der Waals surface area contributed by atoms with Gasteiger partial charge in [-0.05, 0) is 6.07 Å². The molecule has 0 saturated carbocycles. The summed E-state index contributed by atoms with van der Waals surface area (Å²) < 4.78 is 2.53. The Morgan fingerprint density at radius 2 is 1.68 bits per heavy atom. The van der Waals surface area contributed by atoms with Gasteiger partial charge in [-0.3, -0.25) is 24.0 Å². The number of piperazine rings is 1. The third-order valence-corrected chi connectivity index (χ3v) is 4.37. The van der Waals surface area contributed by atoms with Gasteiger partial charge in [0, 0.05) is 52.4 Å². The molecule has 0 spiro atoms. The summed E-state index contributed by atoms with van der Waals surface area (Å²) in [5, 5.41) is 10.7. The minimum atomic E-state index is -0.481. The van der Waals surface area contributed by atoms with Gasteiger partial charge in [0.2, 0.25) is 0 Å². The van der Waals surface area contributed by atoms with Crippen LogP contribution in [0.25, 0.3) is 0 Å². The van der Waals surface area contributed by atoms with Crippen LogP contribution in [0.1, 0.15) is 0 Å². The fraction of sp³-hybridized carbons (Fsp3) is 0.400. The molecule has 10 nitrogen and oxygen atoms in total. The molecule has 0 aliphatic carbocycles. The summed E-state index contributed by atoms with van der Waals surface area (Å²) in [5.74, 6) is 1.26. The minimum absolute atomic E-state index is 0.0440. The molecule has 0 amide bonds. The first-order chi connectivity index (χ1) is 11.9. The minimum Gasteiger partial charge on any atom is -0.354 e. The van der Waals surface area contributed by atoms with E-state index in [0.717, 1.165) is 4.57 Å². The third kappa shape index (κ3) is 3.10. The molecule has 1 aliphatic rings. The van der Waals surface area contributed by atoms with Crippen LogP contribution in [-0.2, 0) is 14.1 Å². The predicted octanol–water partition coefficient (Wildman–Crippen LogP) is -0.286. The molecular weight excluding hydrogens is 328 g/mol. The summed E-state index contributed by atoms with van der Waals surface area (Å²) in [4.78, 5) is 42.3. The fourth-order valence-corrected chi connectivity index (χ4v) is 2.86. The second-order valence-corrected chi connectivity index (χ2v) is 5.85. The lowest BCUT2D eigenvalue weighted by molar-refractivity contribution is -0.385. The van der Waals surface area contributed by atoms with Crippen molar-refractivity contribution < 1.29 is 4.92 Å². The summed E-state index contributed by atoms with van der Waals surface area (Å²) in [6.07, 6.45) is 1.24. The molecule has 0 radical (unpaired) electrons. The van der Waals surface area contributed by atoms with E-state index in [1.165, 1.54) is 29.9 Å². The lowest BCUT2D eigenvalue weighted by Gasteiger charge is -2.37. The Morgan fingerprint density at radius 3 is 2.24 bits per heavy atom. The lowest BCUT2D eigenvalue weighted by atomic mass is 10.3. The van der Waals surface area contributed by atoms with Gasteiger partial charge >= 0.3 is 5.69 Å². The number of aromatic nitrogens is 3. The van der Waals surface area contributed by atoms with Crippen LogP contribution in [0.15, 0.2) is 34.0 Å². The van der Waals surface area contributed by atoms with E-state index in [9.17, 15) is 19.7 Å². The van der Waals surface area contributed by atoms with E-state index in [4.69, 9.17) is 0 Å². The summed E-state index contributed by atoms with van der Waals surface area (Å²) in [6, 6.07) is 4.52. The zero-order valence-corrected chi connectivity index (χ0v) is 14.0. The molecule has 1 fully saturated rings. The monoisotopic (exact) mass is 346 g/mol. The molecule has 0 unspecified atom stereocenters. The summed E-state index contributed by atoms with van der Waals surface area (Å²) in [7, 11) is 3.09. The smallest absolute Gasteiger partial charge is 0.332 e. The Balaban J connectivity index is 1.75. The predicted molar refractivity (Wildman–Crippen MR) is 92.2 cm³/mol. The molecule has 132 valence electrons. The molecule has 3 heterocycles. The average Bonchev–Trinajstić information content (AvgIpc) is 2.63. The second kappa shape index (κ2) is 6.38. The van der Waals surface area contributed by atoms with Crippen LogP contribution in [0.2, 0.25) is 0 Å². The van der Waals surface area contributed by atoms with Gasteiger partial charge in [0.1, 0.15) is 17.8 Å². The van der Waals surface area contributed by atoms with E-state index < -0.39 is 4.92 Å². The molecule has 0 aromatic carbocycles. The zero-order chi connectivity index (χ0) is 18.1. The second-order valence-electron chi connectivity index (χ2n) is 5.85. The van der Waals surface area contributed by atoms with Crippen molar-refractivity contribution in [3.8, 4) is 0 Å². The molecule has 0 atom stereocenters. The molecule has 25 heavy (non-hydrogen) atoms. The van der Waals surface area contributed by atoms with Crippen molar-refractivity contribution in [2.24, 2.45) is 14.1 Å². The number of hydrogen-bond donors (Lipinski definition) is 0. The number of anilines is 2. The van der Waals surface area contributed by atoms with Gasteiger partial charge in [-0.1, -0.05) is 0 Å². The van der Waals surface area contributed by atoms with Crippen LogP contribution in [0.5, 0.6) is 0 Å². The molecule has 0 bridgehead atoms. The zero-order valence-electron chi connectivity index (χ0n) is 14.0. The Hall–Kier alpha value is -3.17. The molecular formula is C15H18N6O4. The summed E-state index contributed by atoms with van der Waals surface area (Å²) in [6.45, 7) is 2.49. The standard InChI is InChI=1S/C15H18N6O4/c1-17-13(9-14(22)18(2)15(17)23)20-7-5-19(6-8-20)12-4-3-11(10-16-12)21(24)25/h3-4,9-10H,5-8H2,1-2H3. The maximum absolute atomic E-state index is 12.0. The van der Waals surface area contributed by atoms with E-state index in [1.807, 2.05) is 9.80 Å². The van der Waals surface area contributed by atoms with E-state index in [2.05, 4.69) is 4.98 Å². The Morgan fingerprint density at radius 1 is 1.04 bits per heavy atom. The van der Waals surface area contributed by atoms with Crippen molar-refractivity contribution in [2.45, 2.75) is 0 Å². The normalized spacial score (nSPS) is 14.6. The maximum atomic E-state index is 12.0. The van der Waals surface area contributed by atoms with Crippen LogP contribution in [0.3, 0.4) is 0 Å². The number of nitrogens with zero attached hydrogens (tertiary/aromatic N) is 6. The quantitative estimate of drug-likeness (QED) is 0.555. The third-order valence-electron chi connectivity index (χ3n) is 4.37. The van der Waals surface area contributed by atoms with Crippen molar-refractivity contribution >= 4 is 17.3 Å². The molecule has 1 saturated heterocycles. The number of rotatable bonds is 3. The molecule has 2 aromatic heterocycles. The highest BCUT2D eigenvalue weighted by molar-refractivity contribution is 5.46. The van der Waals surface area contributed by atoms with Gasteiger partial charge in [-0.15, -0.1) is 0 Å².